The van der Waals surface area contributed by atoms with Gasteiger partial charge in [0.05, 0.1) is 0 Å². The van der Waals surface area contributed by atoms with E-state index in [0.29, 0.717) is 0 Å². The zero-order valence-corrected chi connectivity index (χ0v) is 12.1. The molecular weight excluding hydrogens is 336 g/mol. The molecule has 2 heterocycles. The van der Waals surface area contributed by atoms with Crippen molar-refractivity contribution < 1.29 is 34.4 Å². The Morgan fingerprint density at radius 3 is 1.64 bits per heavy atom. The van der Waals surface area contributed by atoms with Gasteiger partial charge in [0.15, 0.2) is 5.76 Å². The highest BCUT2D eigenvalue weighted by atomic mass is 16.4. The summed E-state index contributed by atoms with van der Waals surface area (Å²) in [5.41, 5.74) is -1.20. The van der Waals surface area contributed by atoms with E-state index in [1.807, 2.05) is 0 Å². The third-order valence-corrected chi connectivity index (χ3v) is 2.64. The molecule has 0 aliphatic carbocycles. The summed E-state index contributed by atoms with van der Waals surface area (Å²) in [6, 6.07) is 2.02. The third kappa shape index (κ3) is 6.42. The maximum Gasteiger partial charge on any atom is 0.227 e. The van der Waals surface area contributed by atoms with Crippen molar-refractivity contribution in [3.05, 3.63) is 55.6 Å². The second-order valence-corrected chi connectivity index (χ2v) is 4.30. The smallest absolute Gasteiger partial charge is 0.227 e. The second-order valence-electron chi connectivity index (χ2n) is 4.30. The van der Waals surface area contributed by atoms with Gasteiger partial charge < -0.3 is 34.4 Å². The maximum absolute atomic E-state index is 10.8. The van der Waals surface area contributed by atoms with E-state index in [-0.39, 0.29) is 44.5 Å². The number of hydrogen-bond acceptors (Lipinski definition) is 9. The van der Waals surface area contributed by atoms with E-state index in [1.165, 1.54) is 6.92 Å². The Hall–Kier alpha value is -2.62. The van der Waals surface area contributed by atoms with E-state index in [0.717, 1.165) is 12.1 Å². The van der Waals surface area contributed by atoms with E-state index in [1.54, 1.807) is 0 Å². The van der Waals surface area contributed by atoms with E-state index < -0.39 is 35.6 Å². The quantitative estimate of drug-likeness (QED) is 0.531. The predicted octanol–water partition coefficient (Wildman–Crippen LogP) is 0.748. The molecule has 2 rings (SSSR count). The molecule has 0 saturated carbocycles. The van der Waals surface area contributed by atoms with E-state index >= 15 is 0 Å². The molecule has 0 atom stereocenters. The van der Waals surface area contributed by atoms with Crippen molar-refractivity contribution in [2.75, 3.05) is 0 Å². The average Bonchev–Trinajstić information content (AvgIpc) is 2.55. The Morgan fingerprint density at radius 2 is 1.24 bits per heavy atom. The normalized spacial score (nSPS) is 9.28. The summed E-state index contributed by atoms with van der Waals surface area (Å²) in [5, 5.41) is 43.6. The Labute approximate surface area is 144 Å². The van der Waals surface area contributed by atoms with Crippen LogP contribution in [0.5, 0.6) is 11.5 Å². The second kappa shape index (κ2) is 11.0. The van der Waals surface area contributed by atoms with Crippen LogP contribution in [0, 0.1) is 6.92 Å². The van der Waals surface area contributed by atoms with Gasteiger partial charge in [-0.2, -0.15) is 0 Å². The van der Waals surface area contributed by atoms with Crippen LogP contribution in [0.1, 0.15) is 37.9 Å². The van der Waals surface area contributed by atoms with E-state index in [9.17, 15) is 9.59 Å². The average molecular weight is 360 g/mol. The number of aliphatic hydroxyl groups excluding tert-OH is 3. The summed E-state index contributed by atoms with van der Waals surface area (Å²) in [5.74, 6) is -0.947. The Balaban J connectivity index is 0. The van der Waals surface area contributed by atoms with Crippen molar-refractivity contribution in [2.45, 2.75) is 41.6 Å². The van der Waals surface area contributed by atoms with Crippen LogP contribution in [0.25, 0.3) is 0 Å². The number of hydrogen-bond donors (Lipinski definition) is 5. The van der Waals surface area contributed by atoms with Crippen molar-refractivity contribution in [3.63, 3.8) is 0 Å². The molecule has 0 fully saturated rings. The molecule has 0 radical (unpaired) electrons. The number of rotatable bonds is 3. The zero-order valence-electron chi connectivity index (χ0n) is 12.1. The number of aryl methyl sites for hydroxylation is 1. The van der Waals surface area contributed by atoms with Crippen molar-refractivity contribution in [1.29, 1.82) is 0 Å². The lowest BCUT2D eigenvalue weighted by molar-refractivity contribution is 0.200. The molecule has 0 unspecified atom stereocenters. The highest BCUT2D eigenvalue weighted by Gasteiger charge is 2.09. The Bertz CT molecular complexity index is 774. The molecule has 25 heavy (non-hydrogen) atoms. The van der Waals surface area contributed by atoms with Crippen LogP contribution in [-0.4, -0.2) is 25.5 Å². The van der Waals surface area contributed by atoms with Crippen LogP contribution in [0.15, 0.2) is 30.6 Å². The highest BCUT2D eigenvalue weighted by molar-refractivity contribution is 5.24. The summed E-state index contributed by atoms with van der Waals surface area (Å²) in [4.78, 5) is 21.6. The van der Waals surface area contributed by atoms with Crippen molar-refractivity contribution >= 4 is 0 Å². The SMILES string of the molecule is C.C.Cc1oc(CO)cc(=O)c1O.O=c1cc(CO)oc(CO)c1O. The fourth-order valence-electron chi connectivity index (χ4n) is 1.51. The van der Waals surface area contributed by atoms with E-state index in [2.05, 4.69) is 0 Å². The molecule has 0 saturated heterocycles. The summed E-state index contributed by atoms with van der Waals surface area (Å²) in [6.45, 7) is 0.101. The summed E-state index contributed by atoms with van der Waals surface area (Å²) < 4.78 is 9.58. The summed E-state index contributed by atoms with van der Waals surface area (Å²) in [7, 11) is 0. The lowest BCUT2D eigenvalue weighted by Crippen LogP contribution is -2.04. The van der Waals surface area contributed by atoms with Gasteiger partial charge in [0, 0.05) is 12.1 Å². The minimum absolute atomic E-state index is 0. The molecule has 0 spiro atoms. The molecule has 0 aliphatic rings. The lowest BCUT2D eigenvalue weighted by atomic mass is 10.3. The van der Waals surface area contributed by atoms with Crippen LogP contribution in [0.3, 0.4) is 0 Å². The summed E-state index contributed by atoms with van der Waals surface area (Å²) >= 11 is 0. The molecule has 0 bridgehead atoms. The fraction of sp³-hybridized carbons (Fsp3) is 0.375. The molecule has 0 aliphatic heterocycles. The van der Waals surface area contributed by atoms with Gasteiger partial charge in [0.2, 0.25) is 22.4 Å². The summed E-state index contributed by atoms with van der Waals surface area (Å²) in [6.07, 6.45) is 0. The first-order valence-corrected chi connectivity index (χ1v) is 6.34. The highest BCUT2D eigenvalue weighted by Crippen LogP contribution is 2.13. The van der Waals surface area contributed by atoms with Gasteiger partial charge in [-0.1, -0.05) is 14.9 Å². The van der Waals surface area contributed by atoms with Gasteiger partial charge in [-0.25, -0.2) is 0 Å². The fourth-order valence-corrected chi connectivity index (χ4v) is 1.51. The molecule has 0 amide bonds. The predicted molar refractivity (Wildman–Crippen MR) is 89.3 cm³/mol. The van der Waals surface area contributed by atoms with Crippen LogP contribution in [0.4, 0.5) is 0 Å². The molecule has 142 valence electrons. The Kier molecular flexibility index (Phi) is 10.9. The third-order valence-electron chi connectivity index (χ3n) is 2.64. The van der Waals surface area contributed by atoms with Crippen molar-refractivity contribution in [1.82, 2.24) is 0 Å². The standard InChI is InChI=1S/C7H8O5.C7H8O4.2CH4/c8-2-4-1-5(10)7(11)6(3-9)12-4;1-4-7(10)6(9)2-5(3-8)11-4;;/h1,8-9,11H,2-3H2;2,8,10H,3H2,1H3;2*1H4. The molecule has 2 aromatic heterocycles. The first-order valence-electron chi connectivity index (χ1n) is 6.34. The first-order chi connectivity index (χ1) is 10.8. The van der Waals surface area contributed by atoms with Gasteiger partial charge in [-0.3, -0.25) is 9.59 Å². The van der Waals surface area contributed by atoms with Gasteiger partial charge in [-0.15, -0.1) is 0 Å². The van der Waals surface area contributed by atoms with Gasteiger partial charge >= 0.3 is 0 Å². The topological polar surface area (TPSA) is 162 Å². The number of aromatic hydroxyl groups is 2. The van der Waals surface area contributed by atoms with Crippen molar-refractivity contribution in [2.24, 2.45) is 0 Å². The minimum Gasteiger partial charge on any atom is -0.502 e. The van der Waals surface area contributed by atoms with Gasteiger partial charge in [-0.05, 0) is 6.92 Å². The van der Waals surface area contributed by atoms with Crippen LogP contribution in [-0.2, 0) is 19.8 Å². The monoisotopic (exact) mass is 360 g/mol. The van der Waals surface area contributed by atoms with Crippen molar-refractivity contribution in [3.8, 4) is 11.5 Å². The van der Waals surface area contributed by atoms with Gasteiger partial charge in [0.25, 0.3) is 0 Å². The zero-order chi connectivity index (χ0) is 17.6. The molecule has 0 aromatic carbocycles. The Morgan fingerprint density at radius 1 is 0.800 bits per heavy atom. The molecular formula is C16H24O9. The number of aliphatic hydroxyl groups is 3. The van der Waals surface area contributed by atoms with E-state index in [4.69, 9.17) is 34.4 Å². The first kappa shape index (κ1) is 24.6. The van der Waals surface area contributed by atoms with Crippen LogP contribution >= 0.6 is 0 Å². The molecule has 9 nitrogen and oxygen atoms in total. The maximum atomic E-state index is 10.8. The lowest BCUT2D eigenvalue weighted by Gasteiger charge is -2.00. The molecule has 9 heteroatoms. The van der Waals surface area contributed by atoms with Gasteiger partial charge in [0.1, 0.15) is 37.1 Å². The van der Waals surface area contributed by atoms with Crippen LogP contribution in [0.2, 0.25) is 0 Å². The largest absolute Gasteiger partial charge is 0.502 e. The molecule has 2 aromatic rings. The molecule has 5 N–H and O–H groups in total. The van der Waals surface area contributed by atoms with Crippen LogP contribution < -0.4 is 10.9 Å². The minimum atomic E-state index is -0.672.